The summed E-state index contributed by atoms with van der Waals surface area (Å²) >= 11 is 0. The van der Waals surface area contributed by atoms with Gasteiger partial charge in [0.25, 0.3) is 5.56 Å². The van der Waals surface area contributed by atoms with E-state index in [0.29, 0.717) is 5.39 Å². The number of hydrogen-bond acceptors (Lipinski definition) is 3. The van der Waals surface area contributed by atoms with Gasteiger partial charge >= 0.3 is 0 Å². The Morgan fingerprint density at radius 2 is 1.96 bits per heavy atom. The van der Waals surface area contributed by atoms with Crippen molar-refractivity contribution in [1.29, 1.82) is 0 Å². The lowest BCUT2D eigenvalue weighted by atomic mass is 10.2. The number of aryl methyl sites for hydroxylation is 1. The predicted molar refractivity (Wildman–Crippen MR) is 92.5 cm³/mol. The minimum Gasteiger partial charge on any atom is -0.497 e. The van der Waals surface area contributed by atoms with Crippen molar-refractivity contribution >= 4 is 10.9 Å². The van der Waals surface area contributed by atoms with Crippen LogP contribution >= 0.6 is 0 Å². The molecule has 0 aliphatic heterocycles. The fraction of sp³-hybridized carbons (Fsp3) is 0.263. The van der Waals surface area contributed by atoms with E-state index in [2.05, 4.69) is 6.92 Å². The van der Waals surface area contributed by atoms with Crippen LogP contribution in [0.3, 0.4) is 0 Å². The highest BCUT2D eigenvalue weighted by molar-refractivity contribution is 5.77. The maximum absolute atomic E-state index is 13.0. The first-order valence-electron chi connectivity index (χ1n) is 7.89. The van der Waals surface area contributed by atoms with Crippen molar-refractivity contribution in [3.05, 3.63) is 64.7 Å². The third-order valence-corrected chi connectivity index (χ3v) is 3.91. The standard InChI is InChI=1S/C19H20N2O2/c1-3-4-12-18-20-17-11-6-5-10-16(17)19(22)21(18)14-8-7-9-15(13-14)23-2/h5-11,13H,3-4,12H2,1-2H3. The number of nitrogens with zero attached hydrogens (tertiary/aromatic N) is 2. The summed E-state index contributed by atoms with van der Waals surface area (Å²) in [5, 5.41) is 0.635. The smallest absolute Gasteiger partial charge is 0.265 e. The molecule has 4 heteroatoms. The van der Waals surface area contributed by atoms with E-state index in [1.807, 2.05) is 48.5 Å². The number of methoxy groups -OCH3 is 1. The average molecular weight is 308 g/mol. The Kier molecular flexibility index (Phi) is 4.42. The first-order valence-corrected chi connectivity index (χ1v) is 7.89. The molecule has 4 nitrogen and oxygen atoms in total. The molecule has 0 radical (unpaired) electrons. The lowest BCUT2D eigenvalue weighted by Gasteiger charge is -2.14. The number of rotatable bonds is 5. The lowest BCUT2D eigenvalue weighted by Crippen LogP contribution is -2.24. The van der Waals surface area contributed by atoms with Crippen molar-refractivity contribution in [3.63, 3.8) is 0 Å². The summed E-state index contributed by atoms with van der Waals surface area (Å²) in [7, 11) is 1.62. The lowest BCUT2D eigenvalue weighted by molar-refractivity contribution is 0.414. The third kappa shape index (κ3) is 2.97. The molecule has 3 rings (SSSR count). The van der Waals surface area contributed by atoms with E-state index in [1.54, 1.807) is 11.7 Å². The molecule has 0 spiro atoms. The van der Waals surface area contributed by atoms with Crippen LogP contribution in [-0.4, -0.2) is 16.7 Å². The van der Waals surface area contributed by atoms with Crippen LogP contribution in [0.4, 0.5) is 0 Å². The van der Waals surface area contributed by atoms with E-state index in [9.17, 15) is 4.79 Å². The first kappa shape index (κ1) is 15.3. The zero-order chi connectivity index (χ0) is 16.2. The molecule has 0 atom stereocenters. The summed E-state index contributed by atoms with van der Waals surface area (Å²) in [6.45, 7) is 2.13. The monoisotopic (exact) mass is 308 g/mol. The number of para-hydroxylation sites is 1. The Balaban J connectivity index is 2.27. The molecule has 0 N–H and O–H groups in total. The van der Waals surface area contributed by atoms with Gasteiger partial charge in [-0.3, -0.25) is 9.36 Å². The number of ether oxygens (including phenoxy) is 1. The molecule has 0 aliphatic rings. The second kappa shape index (κ2) is 6.65. The molecule has 0 aliphatic carbocycles. The van der Waals surface area contributed by atoms with Crippen molar-refractivity contribution in [2.24, 2.45) is 0 Å². The number of fused-ring (bicyclic) bond motifs is 1. The summed E-state index contributed by atoms with van der Waals surface area (Å²) in [5.41, 5.74) is 1.51. The van der Waals surface area contributed by atoms with Crippen LogP contribution < -0.4 is 10.3 Å². The molecule has 3 aromatic rings. The van der Waals surface area contributed by atoms with Gasteiger partial charge < -0.3 is 4.74 Å². The summed E-state index contributed by atoms with van der Waals surface area (Å²) in [6.07, 6.45) is 2.82. The summed E-state index contributed by atoms with van der Waals surface area (Å²) < 4.78 is 7.00. The van der Waals surface area contributed by atoms with Crippen LogP contribution in [0.1, 0.15) is 25.6 Å². The number of benzene rings is 2. The van der Waals surface area contributed by atoms with E-state index in [0.717, 1.165) is 42.0 Å². The summed E-state index contributed by atoms with van der Waals surface area (Å²) in [4.78, 5) is 17.7. The highest BCUT2D eigenvalue weighted by atomic mass is 16.5. The van der Waals surface area contributed by atoms with Gasteiger partial charge in [0, 0.05) is 12.5 Å². The molecule has 0 fully saturated rings. The normalized spacial score (nSPS) is 10.9. The number of unbranched alkanes of at least 4 members (excludes halogenated alkanes) is 1. The van der Waals surface area contributed by atoms with Crippen LogP contribution in [0.15, 0.2) is 53.3 Å². The van der Waals surface area contributed by atoms with Gasteiger partial charge in [-0.25, -0.2) is 4.98 Å². The SMILES string of the molecule is CCCCc1nc2ccccc2c(=O)n1-c1cccc(OC)c1. The van der Waals surface area contributed by atoms with E-state index in [4.69, 9.17) is 9.72 Å². The van der Waals surface area contributed by atoms with Crippen LogP contribution in [0.2, 0.25) is 0 Å². The molecular formula is C19H20N2O2. The van der Waals surface area contributed by atoms with Crippen molar-refractivity contribution in [2.75, 3.05) is 7.11 Å². The Morgan fingerprint density at radius 1 is 1.13 bits per heavy atom. The van der Waals surface area contributed by atoms with Crippen molar-refractivity contribution in [2.45, 2.75) is 26.2 Å². The largest absolute Gasteiger partial charge is 0.497 e. The highest BCUT2D eigenvalue weighted by Gasteiger charge is 2.12. The predicted octanol–water partition coefficient (Wildman–Crippen LogP) is 3.74. The fourth-order valence-electron chi connectivity index (χ4n) is 2.70. The van der Waals surface area contributed by atoms with Gasteiger partial charge in [-0.15, -0.1) is 0 Å². The maximum atomic E-state index is 13.0. The molecule has 23 heavy (non-hydrogen) atoms. The molecular weight excluding hydrogens is 288 g/mol. The van der Waals surface area contributed by atoms with Crippen LogP contribution in [-0.2, 0) is 6.42 Å². The molecule has 2 aromatic carbocycles. The molecule has 1 aromatic heterocycles. The van der Waals surface area contributed by atoms with E-state index in [-0.39, 0.29) is 5.56 Å². The molecule has 0 unspecified atom stereocenters. The Labute approximate surface area is 135 Å². The Hall–Kier alpha value is -2.62. The van der Waals surface area contributed by atoms with Gasteiger partial charge in [-0.05, 0) is 30.7 Å². The molecule has 0 amide bonds. The van der Waals surface area contributed by atoms with Crippen molar-refractivity contribution < 1.29 is 4.74 Å². The molecule has 0 saturated heterocycles. The quantitative estimate of drug-likeness (QED) is 0.721. The van der Waals surface area contributed by atoms with Gasteiger partial charge in [0.05, 0.1) is 23.7 Å². The molecule has 0 saturated carbocycles. The minimum absolute atomic E-state index is 0.0324. The average Bonchev–Trinajstić information content (AvgIpc) is 2.60. The summed E-state index contributed by atoms with van der Waals surface area (Å²) in [6, 6.07) is 15.0. The van der Waals surface area contributed by atoms with Crippen molar-refractivity contribution in [3.8, 4) is 11.4 Å². The van der Waals surface area contributed by atoms with E-state index >= 15 is 0 Å². The first-order chi connectivity index (χ1) is 11.2. The second-order valence-corrected chi connectivity index (χ2v) is 5.49. The highest BCUT2D eigenvalue weighted by Crippen LogP contribution is 2.19. The Morgan fingerprint density at radius 3 is 2.74 bits per heavy atom. The van der Waals surface area contributed by atoms with Gasteiger partial charge in [-0.2, -0.15) is 0 Å². The van der Waals surface area contributed by atoms with E-state index in [1.165, 1.54) is 0 Å². The number of aromatic nitrogens is 2. The zero-order valence-electron chi connectivity index (χ0n) is 13.5. The fourth-order valence-corrected chi connectivity index (χ4v) is 2.70. The minimum atomic E-state index is -0.0324. The molecule has 1 heterocycles. The Bertz CT molecular complexity index is 884. The number of hydrogen-bond donors (Lipinski definition) is 0. The summed E-state index contributed by atoms with van der Waals surface area (Å²) in [5.74, 6) is 1.52. The van der Waals surface area contributed by atoms with Gasteiger partial charge in [0.15, 0.2) is 0 Å². The van der Waals surface area contributed by atoms with Crippen molar-refractivity contribution in [1.82, 2.24) is 9.55 Å². The second-order valence-electron chi connectivity index (χ2n) is 5.49. The molecule has 0 bridgehead atoms. The van der Waals surface area contributed by atoms with Crippen LogP contribution in [0.25, 0.3) is 16.6 Å². The maximum Gasteiger partial charge on any atom is 0.265 e. The van der Waals surface area contributed by atoms with Gasteiger partial charge in [-0.1, -0.05) is 31.5 Å². The zero-order valence-corrected chi connectivity index (χ0v) is 13.5. The molecule has 118 valence electrons. The van der Waals surface area contributed by atoms with Crippen LogP contribution in [0, 0.1) is 0 Å². The van der Waals surface area contributed by atoms with Gasteiger partial charge in [0.2, 0.25) is 0 Å². The van der Waals surface area contributed by atoms with E-state index < -0.39 is 0 Å². The third-order valence-electron chi connectivity index (χ3n) is 3.91. The topological polar surface area (TPSA) is 44.1 Å². The van der Waals surface area contributed by atoms with Crippen LogP contribution in [0.5, 0.6) is 5.75 Å². The van der Waals surface area contributed by atoms with Gasteiger partial charge in [0.1, 0.15) is 11.6 Å².